The van der Waals surface area contributed by atoms with Gasteiger partial charge >= 0.3 is 0 Å². The fourth-order valence-electron chi connectivity index (χ4n) is 2.62. The number of rotatable bonds is 10. The molecule has 114 valence electrons. The van der Waals surface area contributed by atoms with E-state index in [0.29, 0.717) is 6.04 Å². The van der Waals surface area contributed by atoms with Gasteiger partial charge in [-0.25, -0.2) is 0 Å². The fourth-order valence-corrected chi connectivity index (χ4v) is 2.62. The maximum atomic E-state index is 3.64. The lowest BCUT2D eigenvalue weighted by Gasteiger charge is -2.22. The molecular weight excluding hydrogens is 234 g/mol. The molecule has 1 aliphatic rings. The molecule has 1 fully saturated rings. The van der Waals surface area contributed by atoms with Gasteiger partial charge in [-0.05, 0) is 58.7 Å². The summed E-state index contributed by atoms with van der Waals surface area (Å²) in [6, 6.07) is 0.661. The zero-order valence-electron chi connectivity index (χ0n) is 13.6. The van der Waals surface area contributed by atoms with Crippen molar-refractivity contribution in [1.29, 1.82) is 0 Å². The molecule has 1 aliphatic heterocycles. The Morgan fingerprint density at radius 1 is 1.05 bits per heavy atom. The van der Waals surface area contributed by atoms with Crippen LogP contribution < -0.4 is 5.32 Å². The number of hydrogen-bond donors (Lipinski definition) is 1. The molecule has 1 unspecified atom stereocenters. The summed E-state index contributed by atoms with van der Waals surface area (Å²) in [6.45, 7) is 14.3. The molecule has 1 rings (SSSR count). The Morgan fingerprint density at radius 3 is 2.37 bits per heavy atom. The topological polar surface area (TPSA) is 18.5 Å². The first kappa shape index (κ1) is 16.9. The van der Waals surface area contributed by atoms with Gasteiger partial charge in [-0.3, -0.25) is 0 Å². The van der Waals surface area contributed by atoms with Crippen molar-refractivity contribution in [2.75, 3.05) is 46.3 Å². The average Bonchev–Trinajstić information content (AvgIpc) is 2.87. The Balaban J connectivity index is 1.95. The van der Waals surface area contributed by atoms with Gasteiger partial charge < -0.3 is 15.1 Å². The Hall–Kier alpha value is -0.120. The lowest BCUT2D eigenvalue weighted by Crippen LogP contribution is -2.37. The van der Waals surface area contributed by atoms with Crippen molar-refractivity contribution >= 4 is 0 Å². The van der Waals surface area contributed by atoms with Gasteiger partial charge in [-0.1, -0.05) is 13.8 Å². The molecule has 1 saturated heterocycles. The minimum absolute atomic E-state index is 0.661. The van der Waals surface area contributed by atoms with Crippen molar-refractivity contribution in [3.05, 3.63) is 0 Å². The normalized spacial score (nSPS) is 18.6. The van der Waals surface area contributed by atoms with Crippen LogP contribution in [0.25, 0.3) is 0 Å². The van der Waals surface area contributed by atoms with Crippen molar-refractivity contribution in [3.8, 4) is 0 Å². The van der Waals surface area contributed by atoms with E-state index in [4.69, 9.17) is 0 Å². The van der Waals surface area contributed by atoms with Crippen LogP contribution in [0.5, 0.6) is 0 Å². The van der Waals surface area contributed by atoms with Crippen LogP contribution in [-0.4, -0.2) is 62.2 Å². The zero-order valence-corrected chi connectivity index (χ0v) is 13.6. The second kappa shape index (κ2) is 9.73. The highest BCUT2D eigenvalue weighted by Crippen LogP contribution is 2.07. The van der Waals surface area contributed by atoms with Gasteiger partial charge in [0.25, 0.3) is 0 Å². The summed E-state index contributed by atoms with van der Waals surface area (Å²) in [4.78, 5) is 5.05. The first-order valence-corrected chi connectivity index (χ1v) is 8.22. The molecule has 19 heavy (non-hydrogen) atoms. The molecule has 0 aromatic heterocycles. The first-order valence-electron chi connectivity index (χ1n) is 8.22. The van der Waals surface area contributed by atoms with Crippen molar-refractivity contribution in [1.82, 2.24) is 15.1 Å². The van der Waals surface area contributed by atoms with Crippen molar-refractivity contribution in [2.24, 2.45) is 5.92 Å². The van der Waals surface area contributed by atoms with Gasteiger partial charge in [-0.2, -0.15) is 0 Å². The number of likely N-dealkylation sites (tertiary alicyclic amines) is 1. The highest BCUT2D eigenvalue weighted by Gasteiger charge is 2.11. The van der Waals surface area contributed by atoms with E-state index >= 15 is 0 Å². The smallest absolute Gasteiger partial charge is 0.0109 e. The molecule has 0 aliphatic carbocycles. The molecule has 1 heterocycles. The predicted octanol–water partition coefficient (Wildman–Crippen LogP) is 2.43. The van der Waals surface area contributed by atoms with Gasteiger partial charge in [0, 0.05) is 32.2 Å². The monoisotopic (exact) mass is 269 g/mol. The quantitative estimate of drug-likeness (QED) is 0.657. The minimum atomic E-state index is 0.661. The van der Waals surface area contributed by atoms with Crippen LogP contribution >= 0.6 is 0 Å². The summed E-state index contributed by atoms with van der Waals surface area (Å²) in [5.41, 5.74) is 0. The van der Waals surface area contributed by atoms with Gasteiger partial charge in [-0.15, -0.1) is 0 Å². The van der Waals surface area contributed by atoms with E-state index in [0.717, 1.165) is 12.5 Å². The van der Waals surface area contributed by atoms with Crippen LogP contribution in [0.1, 0.15) is 46.5 Å². The van der Waals surface area contributed by atoms with Crippen LogP contribution in [0.4, 0.5) is 0 Å². The third-order valence-corrected chi connectivity index (χ3v) is 4.16. The summed E-state index contributed by atoms with van der Waals surface area (Å²) in [5.74, 6) is 0.826. The van der Waals surface area contributed by atoms with E-state index in [1.54, 1.807) is 0 Å². The van der Waals surface area contributed by atoms with Gasteiger partial charge in [0.15, 0.2) is 0 Å². The molecule has 1 atom stereocenters. The van der Waals surface area contributed by atoms with Gasteiger partial charge in [0.2, 0.25) is 0 Å². The largest absolute Gasteiger partial charge is 0.313 e. The van der Waals surface area contributed by atoms with Crippen LogP contribution in [0.2, 0.25) is 0 Å². The zero-order chi connectivity index (χ0) is 14.1. The Bertz CT molecular complexity index is 212. The third kappa shape index (κ3) is 8.61. The Labute approximate surface area is 120 Å². The van der Waals surface area contributed by atoms with E-state index < -0.39 is 0 Å². The second-order valence-electron chi connectivity index (χ2n) is 6.68. The number of nitrogens with zero attached hydrogens (tertiary/aromatic N) is 2. The predicted molar refractivity (Wildman–Crippen MR) is 84.7 cm³/mol. The molecule has 0 spiro atoms. The molecule has 0 bridgehead atoms. The van der Waals surface area contributed by atoms with E-state index in [-0.39, 0.29) is 0 Å². The van der Waals surface area contributed by atoms with E-state index in [2.05, 4.69) is 42.9 Å². The van der Waals surface area contributed by atoms with Gasteiger partial charge in [0.05, 0.1) is 0 Å². The summed E-state index contributed by atoms with van der Waals surface area (Å²) in [6.07, 6.45) is 5.44. The number of hydrogen-bond acceptors (Lipinski definition) is 3. The standard InChI is InChI=1S/C16H35N3/c1-15(2)7-8-16(3)17-9-12-18(4)13-14-19-10-5-6-11-19/h15-17H,5-14H2,1-4H3. The summed E-state index contributed by atoms with van der Waals surface area (Å²) in [5, 5.41) is 3.64. The van der Waals surface area contributed by atoms with Gasteiger partial charge in [0.1, 0.15) is 0 Å². The maximum Gasteiger partial charge on any atom is 0.0109 e. The third-order valence-electron chi connectivity index (χ3n) is 4.16. The summed E-state index contributed by atoms with van der Waals surface area (Å²) < 4.78 is 0. The lowest BCUT2D eigenvalue weighted by molar-refractivity contribution is 0.254. The molecular formula is C16H35N3. The molecule has 3 heteroatoms. The number of nitrogens with one attached hydrogen (secondary N) is 1. The highest BCUT2D eigenvalue weighted by molar-refractivity contribution is 4.68. The maximum absolute atomic E-state index is 3.64. The lowest BCUT2D eigenvalue weighted by atomic mass is 10.0. The van der Waals surface area contributed by atoms with E-state index in [1.807, 2.05) is 0 Å². The second-order valence-corrected chi connectivity index (χ2v) is 6.68. The van der Waals surface area contributed by atoms with Crippen LogP contribution in [0, 0.1) is 5.92 Å². The SMILES string of the molecule is CC(C)CCC(C)NCCN(C)CCN1CCCC1. The van der Waals surface area contributed by atoms with Crippen molar-refractivity contribution < 1.29 is 0 Å². The molecule has 1 N–H and O–H groups in total. The first-order chi connectivity index (χ1) is 9.08. The highest BCUT2D eigenvalue weighted by atomic mass is 15.2. The van der Waals surface area contributed by atoms with Crippen LogP contribution in [0.3, 0.4) is 0 Å². The molecule has 0 aromatic rings. The van der Waals surface area contributed by atoms with Crippen molar-refractivity contribution in [2.45, 2.75) is 52.5 Å². The number of likely N-dealkylation sites (N-methyl/N-ethyl adjacent to an activating group) is 1. The molecule has 3 nitrogen and oxygen atoms in total. The fraction of sp³-hybridized carbons (Fsp3) is 1.00. The summed E-state index contributed by atoms with van der Waals surface area (Å²) >= 11 is 0. The minimum Gasteiger partial charge on any atom is -0.313 e. The van der Waals surface area contributed by atoms with Crippen molar-refractivity contribution in [3.63, 3.8) is 0 Å². The van der Waals surface area contributed by atoms with E-state index in [1.165, 1.54) is 58.4 Å². The van der Waals surface area contributed by atoms with Crippen LogP contribution in [0.15, 0.2) is 0 Å². The summed E-state index contributed by atoms with van der Waals surface area (Å²) in [7, 11) is 2.25. The Morgan fingerprint density at radius 2 is 1.74 bits per heavy atom. The van der Waals surface area contributed by atoms with E-state index in [9.17, 15) is 0 Å². The Kier molecular flexibility index (Phi) is 8.67. The molecule has 0 aromatic carbocycles. The molecule has 0 amide bonds. The molecule has 0 radical (unpaired) electrons. The average molecular weight is 269 g/mol. The van der Waals surface area contributed by atoms with Crippen LogP contribution in [-0.2, 0) is 0 Å². The molecule has 0 saturated carbocycles.